The number of carbonyl (C=O) groups is 3. The number of carbonyl (C=O) groups excluding carboxylic acids is 3. The summed E-state index contributed by atoms with van der Waals surface area (Å²) >= 11 is 0. The van der Waals surface area contributed by atoms with Crippen LogP contribution in [0.4, 0.5) is 0 Å². The van der Waals surface area contributed by atoms with Gasteiger partial charge in [0.05, 0.1) is 20.1 Å². The predicted molar refractivity (Wildman–Crippen MR) is 76.3 cm³/mol. The number of hydrogen-bond donors (Lipinski definition) is 1. The van der Waals surface area contributed by atoms with Crippen LogP contribution in [0, 0.1) is 11.8 Å². The van der Waals surface area contributed by atoms with Gasteiger partial charge in [0.25, 0.3) is 0 Å². The molecule has 1 saturated carbocycles. The molecule has 2 atom stereocenters. The van der Waals surface area contributed by atoms with Gasteiger partial charge in [-0.3, -0.25) is 9.59 Å². The Morgan fingerprint density at radius 1 is 1.05 bits per heavy atom. The van der Waals surface area contributed by atoms with Crippen molar-refractivity contribution in [2.45, 2.75) is 51.5 Å². The molecule has 0 aromatic carbocycles. The Bertz CT molecular complexity index is 376. The third-order valence-electron chi connectivity index (χ3n) is 3.97. The predicted octanol–water partition coefficient (Wildman–Crippen LogP) is 1.42. The van der Waals surface area contributed by atoms with Gasteiger partial charge in [-0.25, -0.2) is 4.79 Å². The van der Waals surface area contributed by atoms with E-state index in [2.05, 4.69) is 10.1 Å². The number of hydrogen-bond acceptors (Lipinski definition) is 5. The summed E-state index contributed by atoms with van der Waals surface area (Å²) in [4.78, 5) is 35.5. The van der Waals surface area contributed by atoms with Crippen LogP contribution in [-0.4, -0.2) is 38.1 Å². The number of amides is 1. The smallest absolute Gasteiger partial charge is 0.328 e. The van der Waals surface area contributed by atoms with Gasteiger partial charge < -0.3 is 14.8 Å². The van der Waals surface area contributed by atoms with Crippen molar-refractivity contribution in [2.24, 2.45) is 11.8 Å². The Hall–Kier alpha value is -1.59. The zero-order chi connectivity index (χ0) is 15.8. The van der Waals surface area contributed by atoms with Gasteiger partial charge in [-0.1, -0.05) is 26.2 Å². The molecular weight excluding hydrogens is 274 g/mol. The molecule has 1 N–H and O–H groups in total. The molecule has 21 heavy (non-hydrogen) atoms. The lowest BCUT2D eigenvalue weighted by molar-refractivity contribution is -0.149. The lowest BCUT2D eigenvalue weighted by Gasteiger charge is -2.24. The quantitative estimate of drug-likeness (QED) is 0.750. The first-order valence-electron chi connectivity index (χ1n) is 7.45. The summed E-state index contributed by atoms with van der Waals surface area (Å²) in [6, 6.07) is -0.807. The molecule has 1 aliphatic carbocycles. The van der Waals surface area contributed by atoms with Crippen LogP contribution in [-0.2, 0) is 23.9 Å². The highest BCUT2D eigenvalue weighted by molar-refractivity contribution is 5.86. The van der Waals surface area contributed by atoms with Gasteiger partial charge in [-0.2, -0.15) is 0 Å². The number of methoxy groups -OCH3 is 2. The molecule has 0 heterocycles. The van der Waals surface area contributed by atoms with Crippen molar-refractivity contribution in [3.63, 3.8) is 0 Å². The topological polar surface area (TPSA) is 81.7 Å². The van der Waals surface area contributed by atoms with Gasteiger partial charge in [0.15, 0.2) is 0 Å². The number of ether oxygens (including phenoxy) is 2. The molecule has 0 spiro atoms. The molecule has 1 amide bonds. The summed E-state index contributed by atoms with van der Waals surface area (Å²) < 4.78 is 9.35. The summed E-state index contributed by atoms with van der Waals surface area (Å²) in [5.74, 6) is -1.59. The average Bonchev–Trinajstić information content (AvgIpc) is 2.53. The second-order valence-electron chi connectivity index (χ2n) is 5.58. The fourth-order valence-corrected chi connectivity index (χ4v) is 2.66. The zero-order valence-electron chi connectivity index (χ0n) is 13.0. The van der Waals surface area contributed by atoms with E-state index in [1.54, 1.807) is 6.92 Å². The minimum absolute atomic E-state index is 0.0423. The van der Waals surface area contributed by atoms with Crippen molar-refractivity contribution in [1.29, 1.82) is 0 Å². The summed E-state index contributed by atoms with van der Waals surface area (Å²) in [6.07, 6.45) is 5.12. The molecular formula is C15H25NO5. The molecule has 6 nitrogen and oxygen atoms in total. The highest BCUT2D eigenvalue weighted by Crippen LogP contribution is 2.24. The van der Waals surface area contributed by atoms with E-state index in [9.17, 15) is 14.4 Å². The molecule has 120 valence electrons. The van der Waals surface area contributed by atoms with E-state index in [0.29, 0.717) is 0 Å². The third-order valence-corrected chi connectivity index (χ3v) is 3.97. The van der Waals surface area contributed by atoms with E-state index in [1.807, 2.05) is 0 Å². The van der Waals surface area contributed by atoms with Crippen LogP contribution in [0.5, 0.6) is 0 Å². The fourth-order valence-electron chi connectivity index (χ4n) is 2.66. The molecule has 1 rings (SSSR count). The van der Waals surface area contributed by atoms with Gasteiger partial charge in [0.1, 0.15) is 6.04 Å². The lowest BCUT2D eigenvalue weighted by Crippen LogP contribution is -2.46. The Balaban J connectivity index is 2.62. The first-order valence-corrected chi connectivity index (χ1v) is 7.45. The Morgan fingerprint density at radius 3 is 2.14 bits per heavy atom. The van der Waals surface area contributed by atoms with Gasteiger partial charge in [0.2, 0.25) is 5.91 Å². The van der Waals surface area contributed by atoms with Crippen LogP contribution >= 0.6 is 0 Å². The minimum atomic E-state index is -0.807. The molecule has 0 bridgehead atoms. The zero-order valence-corrected chi connectivity index (χ0v) is 13.0. The van der Waals surface area contributed by atoms with E-state index in [1.165, 1.54) is 14.2 Å². The first kappa shape index (κ1) is 17.5. The van der Waals surface area contributed by atoms with Crippen LogP contribution in [0.25, 0.3) is 0 Å². The van der Waals surface area contributed by atoms with Crippen molar-refractivity contribution in [2.75, 3.05) is 14.2 Å². The van der Waals surface area contributed by atoms with Gasteiger partial charge in [-0.05, 0) is 19.3 Å². The van der Waals surface area contributed by atoms with Crippen molar-refractivity contribution in [3.8, 4) is 0 Å². The number of esters is 2. The van der Waals surface area contributed by atoms with Crippen LogP contribution in [0.1, 0.15) is 45.4 Å². The summed E-state index contributed by atoms with van der Waals surface area (Å²) in [5.41, 5.74) is 0. The maximum atomic E-state index is 12.2. The molecule has 1 aliphatic rings. The SMILES string of the molecule is COC(=O)[C@H](C[C@H](C)C(=O)OC)NC(=O)C1CCCCC1. The first-order chi connectivity index (χ1) is 9.99. The minimum Gasteiger partial charge on any atom is -0.469 e. The van der Waals surface area contributed by atoms with E-state index in [-0.39, 0.29) is 18.2 Å². The summed E-state index contributed by atoms with van der Waals surface area (Å²) in [5, 5.41) is 2.73. The lowest BCUT2D eigenvalue weighted by atomic mass is 9.88. The largest absolute Gasteiger partial charge is 0.469 e. The number of rotatable bonds is 6. The van der Waals surface area contributed by atoms with Crippen molar-refractivity contribution < 1.29 is 23.9 Å². The van der Waals surface area contributed by atoms with E-state index in [4.69, 9.17) is 4.74 Å². The Kier molecular flexibility index (Phi) is 7.19. The van der Waals surface area contributed by atoms with Crippen molar-refractivity contribution in [3.05, 3.63) is 0 Å². The standard InChI is InChI=1S/C15H25NO5/c1-10(14(18)20-2)9-12(15(19)21-3)16-13(17)11-7-5-4-6-8-11/h10-12H,4-9H2,1-3H3,(H,16,17)/t10-,12-/m0/s1. The van der Waals surface area contributed by atoms with E-state index < -0.39 is 23.9 Å². The van der Waals surface area contributed by atoms with E-state index >= 15 is 0 Å². The van der Waals surface area contributed by atoms with Crippen LogP contribution in [0.3, 0.4) is 0 Å². The highest BCUT2D eigenvalue weighted by Gasteiger charge is 2.30. The maximum Gasteiger partial charge on any atom is 0.328 e. The third kappa shape index (κ3) is 5.36. The molecule has 0 radical (unpaired) electrons. The van der Waals surface area contributed by atoms with Crippen LogP contribution < -0.4 is 5.32 Å². The van der Waals surface area contributed by atoms with Gasteiger partial charge in [-0.15, -0.1) is 0 Å². The Labute approximate surface area is 125 Å². The molecule has 6 heteroatoms. The van der Waals surface area contributed by atoms with Gasteiger partial charge in [0, 0.05) is 5.92 Å². The van der Waals surface area contributed by atoms with Crippen molar-refractivity contribution >= 4 is 17.8 Å². The second kappa shape index (κ2) is 8.64. The normalized spacial score (nSPS) is 18.4. The van der Waals surface area contributed by atoms with Gasteiger partial charge >= 0.3 is 11.9 Å². The molecule has 0 saturated heterocycles. The molecule has 1 fully saturated rings. The Morgan fingerprint density at radius 2 is 1.62 bits per heavy atom. The highest BCUT2D eigenvalue weighted by atomic mass is 16.5. The maximum absolute atomic E-state index is 12.2. The second-order valence-corrected chi connectivity index (χ2v) is 5.58. The summed E-state index contributed by atoms with van der Waals surface area (Å²) in [6.45, 7) is 1.66. The van der Waals surface area contributed by atoms with Crippen LogP contribution in [0.15, 0.2) is 0 Å². The molecule has 0 aromatic rings. The number of nitrogens with one attached hydrogen (secondary N) is 1. The van der Waals surface area contributed by atoms with E-state index in [0.717, 1.165) is 32.1 Å². The van der Waals surface area contributed by atoms with Crippen molar-refractivity contribution in [1.82, 2.24) is 5.32 Å². The fraction of sp³-hybridized carbons (Fsp3) is 0.800. The molecule has 0 aromatic heterocycles. The van der Waals surface area contributed by atoms with Crippen LogP contribution in [0.2, 0.25) is 0 Å². The molecule has 0 aliphatic heterocycles. The molecule has 0 unspecified atom stereocenters. The monoisotopic (exact) mass is 299 g/mol. The summed E-state index contributed by atoms with van der Waals surface area (Å²) in [7, 11) is 2.57. The average molecular weight is 299 g/mol.